The van der Waals surface area contributed by atoms with E-state index in [9.17, 15) is 17.6 Å². The number of rotatable bonds is 8. The van der Waals surface area contributed by atoms with Crippen molar-refractivity contribution in [1.29, 1.82) is 0 Å². The Kier molecular flexibility index (Phi) is 7.01. The minimum atomic E-state index is -3.80. The maximum absolute atomic E-state index is 13.5. The van der Waals surface area contributed by atoms with Gasteiger partial charge in [0.15, 0.2) is 0 Å². The zero-order valence-corrected chi connectivity index (χ0v) is 17.2. The number of sulfonamides is 1. The van der Waals surface area contributed by atoms with E-state index in [0.717, 1.165) is 22.2 Å². The number of hydrogen-bond acceptors (Lipinski definition) is 4. The van der Waals surface area contributed by atoms with Gasteiger partial charge in [-0.15, -0.1) is 0 Å². The molecule has 1 N–H and O–H groups in total. The maximum atomic E-state index is 13.5. The molecule has 1 amide bonds. The second kappa shape index (κ2) is 9.05. The summed E-state index contributed by atoms with van der Waals surface area (Å²) in [6.45, 7) is 5.36. The summed E-state index contributed by atoms with van der Waals surface area (Å²) in [5, 5.41) is 2.74. The van der Waals surface area contributed by atoms with Gasteiger partial charge in [-0.05, 0) is 50.6 Å². The van der Waals surface area contributed by atoms with Crippen LogP contribution in [-0.2, 0) is 14.8 Å². The van der Waals surface area contributed by atoms with Crippen molar-refractivity contribution in [3.63, 3.8) is 0 Å². The molecule has 0 unspecified atom stereocenters. The van der Waals surface area contributed by atoms with E-state index in [-0.39, 0.29) is 18.3 Å². The van der Waals surface area contributed by atoms with Crippen LogP contribution in [0, 0.1) is 12.7 Å². The third kappa shape index (κ3) is 5.69. The van der Waals surface area contributed by atoms with E-state index in [4.69, 9.17) is 4.74 Å². The number of benzene rings is 2. The zero-order valence-electron chi connectivity index (χ0n) is 16.3. The van der Waals surface area contributed by atoms with E-state index in [0.29, 0.717) is 5.75 Å². The van der Waals surface area contributed by atoms with Crippen LogP contribution in [0.15, 0.2) is 48.5 Å². The van der Waals surface area contributed by atoms with E-state index in [1.54, 1.807) is 6.92 Å². The number of amides is 1. The van der Waals surface area contributed by atoms with E-state index >= 15 is 0 Å². The van der Waals surface area contributed by atoms with Gasteiger partial charge in [-0.3, -0.25) is 9.10 Å². The van der Waals surface area contributed by atoms with Gasteiger partial charge in [0.05, 0.1) is 18.0 Å². The number of anilines is 1. The monoisotopic (exact) mass is 408 g/mol. The molecule has 0 radical (unpaired) electrons. The predicted octanol–water partition coefficient (Wildman–Crippen LogP) is 2.87. The van der Waals surface area contributed by atoms with Crippen molar-refractivity contribution in [1.82, 2.24) is 5.32 Å². The van der Waals surface area contributed by atoms with Crippen LogP contribution in [0.1, 0.15) is 19.4 Å². The molecule has 6 nitrogen and oxygen atoms in total. The molecule has 0 saturated heterocycles. The zero-order chi connectivity index (χ0) is 20.9. The van der Waals surface area contributed by atoms with E-state index < -0.39 is 27.8 Å². The number of aryl methyl sites for hydroxylation is 1. The normalized spacial score (nSPS) is 13.5. The summed E-state index contributed by atoms with van der Waals surface area (Å²) in [5.74, 6) is -0.372. The van der Waals surface area contributed by atoms with Crippen molar-refractivity contribution < 1.29 is 22.3 Å². The van der Waals surface area contributed by atoms with Gasteiger partial charge in [-0.2, -0.15) is 0 Å². The number of nitrogens with one attached hydrogen (secondary N) is 1. The molecule has 0 spiro atoms. The van der Waals surface area contributed by atoms with Crippen molar-refractivity contribution in [2.45, 2.75) is 32.9 Å². The number of para-hydroxylation sites is 1. The topological polar surface area (TPSA) is 75.7 Å². The molecular weight excluding hydrogens is 383 g/mol. The molecule has 2 aromatic carbocycles. The fourth-order valence-electron chi connectivity index (χ4n) is 2.76. The van der Waals surface area contributed by atoms with Gasteiger partial charge >= 0.3 is 0 Å². The third-order valence-electron chi connectivity index (χ3n) is 4.12. The molecule has 28 heavy (non-hydrogen) atoms. The molecule has 2 atom stereocenters. The lowest BCUT2D eigenvalue weighted by molar-refractivity contribution is -0.122. The van der Waals surface area contributed by atoms with E-state index in [2.05, 4.69) is 5.32 Å². The standard InChI is InChI=1S/C20H25FN2O4S/c1-14-8-5-6-11-19(14)27-13-15(2)22-20(24)16(3)23(28(4,25)26)18-10-7-9-17(21)12-18/h5-12,15-16H,13H2,1-4H3,(H,22,24)/t15-,16+/m1/s1. The molecule has 152 valence electrons. The van der Waals surface area contributed by atoms with Gasteiger partial charge in [0, 0.05) is 0 Å². The van der Waals surface area contributed by atoms with E-state index in [1.807, 2.05) is 31.2 Å². The van der Waals surface area contributed by atoms with Crippen LogP contribution in [-0.4, -0.2) is 39.3 Å². The summed E-state index contributed by atoms with van der Waals surface area (Å²) in [5.41, 5.74) is 1.07. The Balaban J connectivity index is 2.07. The summed E-state index contributed by atoms with van der Waals surface area (Å²) in [4.78, 5) is 12.6. The molecule has 0 aliphatic carbocycles. The Morgan fingerprint density at radius 3 is 2.46 bits per heavy atom. The number of hydrogen-bond donors (Lipinski definition) is 1. The molecule has 2 rings (SSSR count). The molecule has 0 fully saturated rings. The summed E-state index contributed by atoms with van der Waals surface area (Å²) in [6, 6.07) is 11.2. The van der Waals surface area contributed by atoms with Gasteiger partial charge in [-0.1, -0.05) is 24.3 Å². The first kappa shape index (κ1) is 21.7. The molecule has 0 aliphatic heterocycles. The molecule has 0 saturated carbocycles. The minimum absolute atomic E-state index is 0.0916. The molecule has 0 aromatic heterocycles. The van der Waals surface area contributed by atoms with Crippen LogP contribution in [0.2, 0.25) is 0 Å². The molecular formula is C20H25FN2O4S. The number of carbonyl (C=O) groups excluding carboxylic acids is 1. The lowest BCUT2D eigenvalue weighted by atomic mass is 10.2. The van der Waals surface area contributed by atoms with Gasteiger partial charge in [0.2, 0.25) is 15.9 Å². The van der Waals surface area contributed by atoms with E-state index in [1.165, 1.54) is 25.1 Å². The molecule has 8 heteroatoms. The highest BCUT2D eigenvalue weighted by atomic mass is 32.2. The Bertz CT molecular complexity index is 933. The predicted molar refractivity (Wildman–Crippen MR) is 107 cm³/mol. The van der Waals surface area contributed by atoms with Gasteiger partial charge < -0.3 is 10.1 Å². The molecule has 0 heterocycles. The van der Waals surface area contributed by atoms with Crippen LogP contribution in [0.3, 0.4) is 0 Å². The number of carbonyl (C=O) groups is 1. The van der Waals surface area contributed by atoms with Gasteiger partial charge in [0.25, 0.3) is 0 Å². The van der Waals surface area contributed by atoms with Crippen LogP contribution in [0.4, 0.5) is 10.1 Å². The first-order chi connectivity index (χ1) is 13.1. The average molecular weight is 408 g/mol. The van der Waals surface area contributed by atoms with Crippen LogP contribution < -0.4 is 14.4 Å². The fraction of sp³-hybridized carbons (Fsp3) is 0.350. The molecule has 0 aliphatic rings. The Hall–Kier alpha value is -2.61. The van der Waals surface area contributed by atoms with Crippen molar-refractivity contribution in [2.24, 2.45) is 0 Å². The number of nitrogens with zero attached hydrogens (tertiary/aromatic N) is 1. The Morgan fingerprint density at radius 2 is 1.86 bits per heavy atom. The summed E-state index contributed by atoms with van der Waals surface area (Å²) in [7, 11) is -3.80. The average Bonchev–Trinajstić information content (AvgIpc) is 2.60. The first-order valence-electron chi connectivity index (χ1n) is 8.83. The largest absolute Gasteiger partial charge is 0.491 e. The lowest BCUT2D eigenvalue weighted by Crippen LogP contribution is -2.50. The molecule has 0 bridgehead atoms. The highest BCUT2D eigenvalue weighted by Crippen LogP contribution is 2.22. The first-order valence-corrected chi connectivity index (χ1v) is 10.7. The highest BCUT2D eigenvalue weighted by molar-refractivity contribution is 7.92. The number of halogens is 1. The lowest BCUT2D eigenvalue weighted by Gasteiger charge is -2.29. The SMILES string of the molecule is Cc1ccccc1OC[C@@H](C)NC(=O)[C@H](C)N(c1cccc(F)c1)S(C)(=O)=O. The number of ether oxygens (including phenoxy) is 1. The quantitative estimate of drug-likeness (QED) is 0.729. The minimum Gasteiger partial charge on any atom is -0.491 e. The van der Waals surface area contributed by atoms with Gasteiger partial charge in [0.1, 0.15) is 24.2 Å². The Morgan fingerprint density at radius 1 is 1.18 bits per heavy atom. The second-order valence-electron chi connectivity index (χ2n) is 6.70. The summed E-state index contributed by atoms with van der Waals surface area (Å²) < 4.78 is 44.6. The fourth-order valence-corrected chi connectivity index (χ4v) is 3.93. The van der Waals surface area contributed by atoms with Crippen molar-refractivity contribution in [2.75, 3.05) is 17.2 Å². The van der Waals surface area contributed by atoms with Crippen LogP contribution in [0.5, 0.6) is 5.75 Å². The van der Waals surface area contributed by atoms with Crippen LogP contribution >= 0.6 is 0 Å². The van der Waals surface area contributed by atoms with Crippen LogP contribution in [0.25, 0.3) is 0 Å². The van der Waals surface area contributed by atoms with Gasteiger partial charge in [-0.25, -0.2) is 12.8 Å². The smallest absolute Gasteiger partial charge is 0.243 e. The highest BCUT2D eigenvalue weighted by Gasteiger charge is 2.30. The molecule has 2 aromatic rings. The van der Waals surface area contributed by atoms with Crippen molar-refractivity contribution >= 4 is 21.6 Å². The van der Waals surface area contributed by atoms with Crippen molar-refractivity contribution in [3.05, 3.63) is 59.9 Å². The Labute approximate surface area is 165 Å². The second-order valence-corrected chi connectivity index (χ2v) is 8.56. The van der Waals surface area contributed by atoms with Crippen molar-refractivity contribution in [3.8, 4) is 5.75 Å². The summed E-state index contributed by atoms with van der Waals surface area (Å²) >= 11 is 0. The maximum Gasteiger partial charge on any atom is 0.243 e. The third-order valence-corrected chi connectivity index (χ3v) is 5.36. The summed E-state index contributed by atoms with van der Waals surface area (Å²) in [6.07, 6.45) is 0.979.